The highest BCUT2D eigenvalue weighted by atomic mass is 28.3. The van der Waals surface area contributed by atoms with Gasteiger partial charge in [0.05, 0.1) is 5.52 Å². The maximum absolute atomic E-state index is 2.49. The minimum atomic E-state index is -1.84. The van der Waals surface area contributed by atoms with Gasteiger partial charge in [-0.1, -0.05) is 128 Å². The lowest BCUT2D eigenvalue weighted by molar-refractivity contribution is 1.04. The molecule has 3 heteroatoms. The zero-order valence-electron chi connectivity index (χ0n) is 29.6. The van der Waals surface area contributed by atoms with E-state index in [0.717, 1.165) is 11.4 Å². The highest BCUT2D eigenvalue weighted by molar-refractivity contribution is 7.03. The maximum Gasteiger partial charge on any atom is 0.113 e. The molecule has 0 atom stereocenters. The molecule has 1 aliphatic rings. The number of nitrogens with zero attached hydrogens (tertiary/aromatic N) is 2. The second-order valence-electron chi connectivity index (χ2n) is 14.3. The fraction of sp³-hybridized carbons (Fsp3) is 0.0833. The van der Waals surface area contributed by atoms with E-state index in [1.165, 1.54) is 77.3 Å². The molecule has 0 aliphatic carbocycles. The third kappa shape index (κ3) is 5.16. The van der Waals surface area contributed by atoms with Crippen LogP contribution in [0.1, 0.15) is 11.3 Å². The molecule has 51 heavy (non-hydrogen) atoms. The van der Waals surface area contributed by atoms with Crippen LogP contribution >= 0.6 is 0 Å². The average Bonchev–Trinajstić information content (AvgIpc) is 3.57. The Bertz CT molecular complexity index is 2540. The van der Waals surface area contributed by atoms with Crippen molar-refractivity contribution >= 4 is 46.4 Å². The molecule has 0 spiro atoms. The molecule has 0 fully saturated rings. The second-order valence-corrected chi connectivity index (χ2v) is 18.6. The van der Waals surface area contributed by atoms with Gasteiger partial charge >= 0.3 is 0 Å². The summed E-state index contributed by atoms with van der Waals surface area (Å²) in [5, 5.41) is 4.35. The highest BCUT2D eigenvalue weighted by Gasteiger charge is 2.37. The fourth-order valence-electron chi connectivity index (χ4n) is 8.18. The van der Waals surface area contributed by atoms with E-state index in [-0.39, 0.29) is 0 Å². The van der Waals surface area contributed by atoms with Crippen LogP contribution in [0.3, 0.4) is 0 Å². The first kappa shape index (κ1) is 31.1. The molecule has 1 aromatic heterocycles. The molecule has 9 rings (SSSR count). The number of hydrogen-bond acceptors (Lipinski definition) is 1. The summed E-state index contributed by atoms with van der Waals surface area (Å²) in [5.74, 6) is 0. The Morgan fingerprint density at radius 3 is 1.63 bits per heavy atom. The van der Waals surface area contributed by atoms with Gasteiger partial charge in [-0.3, -0.25) is 0 Å². The van der Waals surface area contributed by atoms with Gasteiger partial charge in [-0.25, -0.2) is 0 Å². The summed E-state index contributed by atoms with van der Waals surface area (Å²) in [7, 11) is -1.84. The third-order valence-electron chi connectivity index (χ3n) is 11.1. The van der Waals surface area contributed by atoms with Gasteiger partial charge in [-0.15, -0.1) is 0 Å². The van der Waals surface area contributed by atoms with Gasteiger partial charge in [-0.05, 0) is 118 Å². The van der Waals surface area contributed by atoms with Crippen molar-refractivity contribution in [1.29, 1.82) is 0 Å². The van der Waals surface area contributed by atoms with Crippen molar-refractivity contribution in [2.45, 2.75) is 26.9 Å². The van der Waals surface area contributed by atoms with E-state index in [9.17, 15) is 0 Å². The standard InChI is InChI=1S/C48H40N2Si/c1-33-34(2)49(46-16-10-8-14-43(33)46)39-24-18-37(19-25-39)38-22-28-41(29-23-38)50(40-26-20-36(21-27-40)35-12-6-5-7-13-35)42-30-31-45-44-15-9-11-17-47(44)51(3,4)48(45)32-42/h5-32H,1-4H3. The molecule has 0 bridgehead atoms. The summed E-state index contributed by atoms with van der Waals surface area (Å²) in [6.45, 7) is 9.41. The van der Waals surface area contributed by atoms with Crippen LogP contribution in [-0.2, 0) is 0 Å². The molecule has 0 radical (unpaired) electrons. The smallest absolute Gasteiger partial charge is 0.113 e. The molecular formula is C48H40N2Si. The van der Waals surface area contributed by atoms with Crippen molar-refractivity contribution < 1.29 is 0 Å². The minimum absolute atomic E-state index is 1.14. The highest BCUT2D eigenvalue weighted by Crippen LogP contribution is 2.39. The molecular weight excluding hydrogens is 633 g/mol. The minimum Gasteiger partial charge on any atom is -0.314 e. The van der Waals surface area contributed by atoms with E-state index >= 15 is 0 Å². The van der Waals surface area contributed by atoms with Gasteiger partial charge in [0, 0.05) is 33.8 Å². The summed E-state index contributed by atoms with van der Waals surface area (Å²) in [6, 6.07) is 62.5. The molecule has 2 heterocycles. The van der Waals surface area contributed by atoms with Crippen LogP contribution in [-0.4, -0.2) is 12.6 Å². The Morgan fingerprint density at radius 1 is 0.451 bits per heavy atom. The number of para-hydroxylation sites is 1. The number of fused-ring (bicyclic) bond motifs is 4. The predicted molar refractivity (Wildman–Crippen MR) is 220 cm³/mol. The predicted octanol–water partition coefficient (Wildman–Crippen LogP) is 11.9. The first-order valence-electron chi connectivity index (χ1n) is 17.9. The Kier molecular flexibility index (Phi) is 7.41. The Balaban J connectivity index is 1.09. The van der Waals surface area contributed by atoms with E-state index in [4.69, 9.17) is 0 Å². The normalized spacial score (nSPS) is 12.9. The first-order valence-corrected chi connectivity index (χ1v) is 20.9. The lowest BCUT2D eigenvalue weighted by Gasteiger charge is -2.28. The van der Waals surface area contributed by atoms with E-state index in [2.05, 4.69) is 206 Å². The van der Waals surface area contributed by atoms with Gasteiger partial charge in [0.25, 0.3) is 0 Å². The summed E-state index contributed by atoms with van der Waals surface area (Å²) in [4.78, 5) is 2.41. The lowest BCUT2D eigenvalue weighted by Crippen LogP contribution is -2.49. The largest absolute Gasteiger partial charge is 0.314 e. The van der Waals surface area contributed by atoms with Crippen LogP contribution < -0.4 is 15.3 Å². The molecule has 0 saturated heterocycles. The van der Waals surface area contributed by atoms with E-state index in [0.29, 0.717) is 0 Å². The number of anilines is 3. The van der Waals surface area contributed by atoms with Crippen LogP contribution in [0.2, 0.25) is 13.1 Å². The summed E-state index contributed by atoms with van der Waals surface area (Å²) < 4.78 is 2.37. The molecule has 0 saturated carbocycles. The van der Waals surface area contributed by atoms with Crippen molar-refractivity contribution in [3.63, 3.8) is 0 Å². The molecule has 2 nitrogen and oxygen atoms in total. The van der Waals surface area contributed by atoms with Crippen molar-refractivity contribution in [1.82, 2.24) is 4.57 Å². The van der Waals surface area contributed by atoms with Crippen LogP contribution in [0.15, 0.2) is 170 Å². The van der Waals surface area contributed by atoms with Gasteiger partial charge in [0.2, 0.25) is 0 Å². The van der Waals surface area contributed by atoms with Crippen LogP contribution in [0.4, 0.5) is 17.1 Å². The van der Waals surface area contributed by atoms with Crippen LogP contribution in [0, 0.1) is 13.8 Å². The number of rotatable bonds is 6. The zero-order chi connectivity index (χ0) is 34.7. The van der Waals surface area contributed by atoms with Gasteiger partial charge in [-0.2, -0.15) is 0 Å². The van der Waals surface area contributed by atoms with Crippen LogP contribution in [0.25, 0.3) is 50.0 Å². The maximum atomic E-state index is 2.49. The second kappa shape index (κ2) is 12.2. The monoisotopic (exact) mass is 672 g/mol. The number of hydrogen-bond donors (Lipinski definition) is 0. The topological polar surface area (TPSA) is 8.17 Å². The lowest BCUT2D eigenvalue weighted by atomic mass is 10.0. The average molecular weight is 673 g/mol. The molecule has 246 valence electrons. The number of aromatic nitrogens is 1. The molecule has 0 amide bonds. The number of benzene rings is 7. The van der Waals surface area contributed by atoms with E-state index < -0.39 is 8.07 Å². The Morgan fingerprint density at radius 2 is 0.961 bits per heavy atom. The quantitative estimate of drug-likeness (QED) is 0.160. The summed E-state index contributed by atoms with van der Waals surface area (Å²) >= 11 is 0. The molecule has 1 aliphatic heterocycles. The van der Waals surface area contributed by atoms with Crippen molar-refractivity contribution in [3.05, 3.63) is 181 Å². The Hall–Kier alpha value is -5.90. The zero-order valence-corrected chi connectivity index (χ0v) is 30.6. The van der Waals surface area contributed by atoms with Crippen LogP contribution in [0.5, 0.6) is 0 Å². The SMILES string of the molecule is Cc1c(C)n(-c2ccc(-c3ccc(N(c4ccc(-c5ccccc5)cc4)c4ccc5c(c4)[Si](C)(C)c4ccccc4-5)cc3)cc2)c2ccccc12. The van der Waals surface area contributed by atoms with E-state index in [1.54, 1.807) is 0 Å². The first-order chi connectivity index (χ1) is 24.9. The number of aryl methyl sites for hydroxylation is 1. The third-order valence-corrected chi connectivity index (χ3v) is 14.6. The fourth-order valence-corrected chi connectivity index (χ4v) is 11.3. The molecule has 0 unspecified atom stereocenters. The molecule has 8 aromatic rings. The Labute approximate surface area is 301 Å². The van der Waals surface area contributed by atoms with Gasteiger partial charge < -0.3 is 9.47 Å². The van der Waals surface area contributed by atoms with Crippen molar-refractivity contribution in [2.75, 3.05) is 4.90 Å². The summed E-state index contributed by atoms with van der Waals surface area (Å²) in [6.07, 6.45) is 0. The van der Waals surface area contributed by atoms with E-state index in [1.807, 2.05) is 0 Å². The van der Waals surface area contributed by atoms with Gasteiger partial charge in [0.1, 0.15) is 8.07 Å². The summed E-state index contributed by atoms with van der Waals surface area (Å²) in [5.41, 5.74) is 16.2. The van der Waals surface area contributed by atoms with Crippen molar-refractivity contribution in [3.8, 4) is 39.1 Å². The van der Waals surface area contributed by atoms with Gasteiger partial charge in [0.15, 0.2) is 0 Å². The molecule has 7 aromatic carbocycles. The molecule has 0 N–H and O–H groups in total. The van der Waals surface area contributed by atoms with Crippen molar-refractivity contribution in [2.24, 2.45) is 0 Å².